The van der Waals surface area contributed by atoms with Crippen molar-refractivity contribution in [3.8, 4) is 5.75 Å². The number of aromatic nitrogens is 1. The molecule has 0 bridgehead atoms. The summed E-state index contributed by atoms with van der Waals surface area (Å²) in [6.45, 7) is 2.22. The standard InChI is InChI=1S/C14H17N5O2/c1-9(18-19-14(15)20)8-17-12-7-11(21-2)6-10-4-3-5-16-13(10)12/h3-7,17H,8H2,1-2H3,(H3,15,19,20). The Balaban J connectivity index is 2.21. The molecule has 2 aromatic rings. The van der Waals surface area contributed by atoms with E-state index < -0.39 is 6.03 Å². The minimum Gasteiger partial charge on any atom is -0.497 e. The Morgan fingerprint density at radius 1 is 1.48 bits per heavy atom. The fourth-order valence-electron chi connectivity index (χ4n) is 1.83. The number of hydrazone groups is 1. The second-order valence-corrected chi connectivity index (χ2v) is 4.43. The lowest BCUT2D eigenvalue weighted by Crippen LogP contribution is -2.26. The van der Waals surface area contributed by atoms with Gasteiger partial charge in [0.2, 0.25) is 0 Å². The minimum atomic E-state index is -0.692. The molecule has 0 radical (unpaired) electrons. The number of urea groups is 1. The molecule has 2 rings (SSSR count). The predicted molar refractivity (Wildman–Crippen MR) is 82.6 cm³/mol. The van der Waals surface area contributed by atoms with Crippen LogP contribution in [0.1, 0.15) is 6.92 Å². The predicted octanol–water partition coefficient (Wildman–Crippen LogP) is 1.70. The summed E-state index contributed by atoms with van der Waals surface area (Å²) in [4.78, 5) is 15.0. The van der Waals surface area contributed by atoms with Gasteiger partial charge < -0.3 is 15.8 Å². The zero-order valence-electron chi connectivity index (χ0n) is 11.9. The van der Waals surface area contributed by atoms with E-state index in [-0.39, 0.29) is 0 Å². The topological polar surface area (TPSA) is 102 Å². The largest absolute Gasteiger partial charge is 0.497 e. The summed E-state index contributed by atoms with van der Waals surface area (Å²) >= 11 is 0. The normalized spacial score (nSPS) is 11.2. The molecule has 0 spiro atoms. The zero-order valence-corrected chi connectivity index (χ0v) is 11.9. The van der Waals surface area contributed by atoms with Gasteiger partial charge in [0.05, 0.1) is 30.6 Å². The van der Waals surface area contributed by atoms with E-state index in [1.165, 1.54) is 0 Å². The smallest absolute Gasteiger partial charge is 0.332 e. The molecule has 110 valence electrons. The third-order valence-electron chi connectivity index (χ3n) is 2.81. The number of primary amides is 1. The molecule has 0 aliphatic carbocycles. The maximum Gasteiger partial charge on any atom is 0.332 e. The van der Waals surface area contributed by atoms with E-state index in [0.29, 0.717) is 12.3 Å². The first kappa shape index (κ1) is 14.6. The van der Waals surface area contributed by atoms with Gasteiger partial charge in [-0.3, -0.25) is 4.98 Å². The summed E-state index contributed by atoms with van der Waals surface area (Å²) in [6, 6.07) is 6.93. The lowest BCUT2D eigenvalue weighted by Gasteiger charge is -2.11. The Morgan fingerprint density at radius 3 is 3.00 bits per heavy atom. The van der Waals surface area contributed by atoms with Crippen LogP contribution in [0.2, 0.25) is 0 Å². The van der Waals surface area contributed by atoms with Crippen LogP contribution in [0.15, 0.2) is 35.6 Å². The Morgan fingerprint density at radius 2 is 2.29 bits per heavy atom. The molecule has 7 heteroatoms. The highest BCUT2D eigenvalue weighted by Gasteiger charge is 2.05. The molecule has 0 saturated heterocycles. The van der Waals surface area contributed by atoms with Crippen molar-refractivity contribution in [1.29, 1.82) is 0 Å². The summed E-state index contributed by atoms with van der Waals surface area (Å²) in [7, 11) is 1.62. The number of carbonyl (C=O) groups is 1. The molecule has 4 N–H and O–H groups in total. The molecule has 0 fully saturated rings. The average Bonchev–Trinajstić information content (AvgIpc) is 2.50. The van der Waals surface area contributed by atoms with Gasteiger partial charge in [-0.2, -0.15) is 5.10 Å². The van der Waals surface area contributed by atoms with Crippen molar-refractivity contribution in [1.82, 2.24) is 10.4 Å². The summed E-state index contributed by atoms with van der Waals surface area (Å²) in [5, 5.41) is 8.04. The van der Waals surface area contributed by atoms with Crippen LogP contribution in [0.5, 0.6) is 5.75 Å². The van der Waals surface area contributed by atoms with Gasteiger partial charge in [0.1, 0.15) is 5.75 Å². The van der Waals surface area contributed by atoms with Gasteiger partial charge in [-0.1, -0.05) is 6.07 Å². The van der Waals surface area contributed by atoms with E-state index in [1.54, 1.807) is 20.2 Å². The Hall–Kier alpha value is -2.83. The second kappa shape index (κ2) is 6.56. The summed E-state index contributed by atoms with van der Waals surface area (Å²) < 4.78 is 5.28. The van der Waals surface area contributed by atoms with Crippen molar-refractivity contribution in [3.63, 3.8) is 0 Å². The Bertz CT molecular complexity index is 684. The minimum absolute atomic E-state index is 0.444. The van der Waals surface area contributed by atoms with Gasteiger partial charge in [-0.05, 0) is 19.1 Å². The summed E-state index contributed by atoms with van der Waals surface area (Å²) in [5.74, 6) is 0.739. The molecule has 1 aromatic heterocycles. The number of rotatable bonds is 5. The maximum absolute atomic E-state index is 10.6. The summed E-state index contributed by atoms with van der Waals surface area (Å²) in [5.41, 5.74) is 9.50. The van der Waals surface area contributed by atoms with Crippen LogP contribution < -0.4 is 21.2 Å². The van der Waals surface area contributed by atoms with Crippen molar-refractivity contribution in [2.75, 3.05) is 19.0 Å². The number of anilines is 1. The van der Waals surface area contributed by atoms with Crippen molar-refractivity contribution < 1.29 is 9.53 Å². The van der Waals surface area contributed by atoms with E-state index in [2.05, 4.69) is 20.8 Å². The number of fused-ring (bicyclic) bond motifs is 1. The van der Waals surface area contributed by atoms with Crippen molar-refractivity contribution >= 4 is 28.3 Å². The quantitative estimate of drug-likeness (QED) is 0.575. The number of hydrogen-bond donors (Lipinski definition) is 3. The fraction of sp³-hybridized carbons (Fsp3) is 0.214. The SMILES string of the molecule is COc1cc(NCC(C)=NNC(N)=O)c2ncccc2c1. The monoisotopic (exact) mass is 287 g/mol. The van der Waals surface area contributed by atoms with Crippen molar-refractivity contribution in [2.24, 2.45) is 10.8 Å². The lowest BCUT2D eigenvalue weighted by molar-refractivity contribution is 0.249. The molecule has 0 saturated carbocycles. The van der Waals surface area contributed by atoms with E-state index in [1.807, 2.05) is 24.3 Å². The van der Waals surface area contributed by atoms with Crippen LogP contribution in [-0.2, 0) is 0 Å². The molecular weight excluding hydrogens is 270 g/mol. The molecule has 21 heavy (non-hydrogen) atoms. The van der Waals surface area contributed by atoms with Gasteiger partial charge in [0.15, 0.2) is 0 Å². The first-order valence-electron chi connectivity index (χ1n) is 6.35. The molecule has 0 atom stereocenters. The fourth-order valence-corrected chi connectivity index (χ4v) is 1.83. The first-order valence-corrected chi connectivity index (χ1v) is 6.35. The Kier molecular flexibility index (Phi) is 4.55. The number of nitrogens with zero attached hydrogens (tertiary/aromatic N) is 2. The van der Waals surface area contributed by atoms with E-state index in [9.17, 15) is 4.79 Å². The van der Waals surface area contributed by atoms with Crippen LogP contribution >= 0.6 is 0 Å². The molecule has 7 nitrogen and oxygen atoms in total. The van der Waals surface area contributed by atoms with Gasteiger partial charge in [0.25, 0.3) is 0 Å². The van der Waals surface area contributed by atoms with Crippen LogP contribution in [0.4, 0.5) is 10.5 Å². The molecule has 0 aliphatic heterocycles. The highest BCUT2D eigenvalue weighted by atomic mass is 16.5. The molecule has 2 amide bonds. The number of nitrogens with two attached hydrogens (primary N) is 1. The van der Waals surface area contributed by atoms with E-state index in [0.717, 1.165) is 22.3 Å². The number of hydrogen-bond acceptors (Lipinski definition) is 5. The second-order valence-electron chi connectivity index (χ2n) is 4.43. The zero-order chi connectivity index (χ0) is 15.2. The molecule has 1 aromatic carbocycles. The number of ether oxygens (including phenoxy) is 1. The van der Waals surface area contributed by atoms with Gasteiger partial charge in [-0.15, -0.1) is 0 Å². The molecular formula is C14H17N5O2. The number of benzene rings is 1. The van der Waals surface area contributed by atoms with Crippen LogP contribution in [0.3, 0.4) is 0 Å². The van der Waals surface area contributed by atoms with Crippen molar-refractivity contribution in [2.45, 2.75) is 6.92 Å². The summed E-state index contributed by atoms with van der Waals surface area (Å²) in [6.07, 6.45) is 1.73. The van der Waals surface area contributed by atoms with Gasteiger partial charge >= 0.3 is 6.03 Å². The number of carbonyl (C=O) groups excluding carboxylic acids is 1. The Labute approximate surface area is 122 Å². The van der Waals surface area contributed by atoms with Crippen LogP contribution in [0.25, 0.3) is 10.9 Å². The van der Waals surface area contributed by atoms with Crippen molar-refractivity contribution in [3.05, 3.63) is 30.5 Å². The molecule has 0 aliphatic rings. The first-order chi connectivity index (χ1) is 10.1. The van der Waals surface area contributed by atoms with Gasteiger partial charge in [-0.25, -0.2) is 10.2 Å². The molecule has 1 heterocycles. The highest BCUT2D eigenvalue weighted by Crippen LogP contribution is 2.27. The molecule has 0 unspecified atom stereocenters. The van der Waals surface area contributed by atoms with E-state index >= 15 is 0 Å². The van der Waals surface area contributed by atoms with E-state index in [4.69, 9.17) is 10.5 Å². The van der Waals surface area contributed by atoms with Crippen LogP contribution in [-0.4, -0.2) is 30.4 Å². The van der Waals surface area contributed by atoms with Gasteiger partial charge in [0, 0.05) is 17.6 Å². The lowest BCUT2D eigenvalue weighted by atomic mass is 10.1. The number of nitrogens with one attached hydrogen (secondary N) is 2. The third-order valence-corrected chi connectivity index (χ3v) is 2.81. The third kappa shape index (κ3) is 3.82. The number of methoxy groups -OCH3 is 1. The average molecular weight is 287 g/mol. The number of amides is 2. The number of pyridine rings is 1. The highest BCUT2D eigenvalue weighted by molar-refractivity contribution is 5.94. The maximum atomic E-state index is 10.6. The van der Waals surface area contributed by atoms with Crippen LogP contribution in [0, 0.1) is 0 Å².